The Morgan fingerprint density at radius 1 is 1.04 bits per heavy atom. The third kappa shape index (κ3) is 4.83. The summed E-state index contributed by atoms with van der Waals surface area (Å²) in [6.07, 6.45) is 3.42. The minimum atomic E-state index is -0.833. The Morgan fingerprint density at radius 2 is 1.50 bits per heavy atom. The molecule has 1 aliphatic rings. The molecule has 2 aromatic carbocycles. The van der Waals surface area contributed by atoms with E-state index in [9.17, 15) is 0 Å². The highest BCUT2D eigenvalue weighted by Crippen LogP contribution is 2.35. The van der Waals surface area contributed by atoms with Gasteiger partial charge in [0.2, 0.25) is 0 Å². The standard InChI is InChI=1S/C18H22N2.C2H4O2/c1-19-13-6-14-20-17-9-4-2-7-15(17)11-12-16-8-3-5-10-18(16)20;1-2(3)4/h2-5,7-10,19H,6,11-14H2,1H3;1H3,(H,3,4). The summed E-state index contributed by atoms with van der Waals surface area (Å²) in [5.41, 5.74) is 5.70. The molecule has 0 aromatic heterocycles. The van der Waals surface area contributed by atoms with E-state index in [4.69, 9.17) is 9.90 Å². The highest BCUT2D eigenvalue weighted by Gasteiger charge is 2.19. The van der Waals surface area contributed by atoms with Crippen molar-refractivity contribution >= 4 is 17.3 Å². The highest BCUT2D eigenvalue weighted by atomic mass is 16.4. The van der Waals surface area contributed by atoms with E-state index in [2.05, 4.69) is 58.7 Å². The van der Waals surface area contributed by atoms with Crippen molar-refractivity contribution in [3.8, 4) is 0 Å². The van der Waals surface area contributed by atoms with Crippen molar-refractivity contribution in [2.75, 3.05) is 25.0 Å². The summed E-state index contributed by atoms with van der Waals surface area (Å²) in [5.74, 6) is -0.833. The predicted octanol–water partition coefficient (Wildman–Crippen LogP) is 3.62. The molecule has 128 valence electrons. The number of para-hydroxylation sites is 2. The molecule has 0 radical (unpaired) electrons. The maximum atomic E-state index is 9.00. The lowest BCUT2D eigenvalue weighted by molar-refractivity contribution is -0.134. The van der Waals surface area contributed by atoms with Gasteiger partial charge in [-0.1, -0.05) is 36.4 Å². The number of carbonyl (C=O) groups is 1. The van der Waals surface area contributed by atoms with Crippen LogP contribution in [0, 0.1) is 0 Å². The van der Waals surface area contributed by atoms with Crippen LogP contribution in [-0.2, 0) is 17.6 Å². The van der Waals surface area contributed by atoms with Gasteiger partial charge in [-0.3, -0.25) is 4.79 Å². The first-order valence-electron chi connectivity index (χ1n) is 8.41. The number of nitrogens with one attached hydrogen (secondary N) is 1. The van der Waals surface area contributed by atoms with Gasteiger partial charge >= 0.3 is 0 Å². The first-order valence-corrected chi connectivity index (χ1v) is 8.41. The molecule has 24 heavy (non-hydrogen) atoms. The third-order valence-corrected chi connectivity index (χ3v) is 4.04. The Hall–Kier alpha value is -2.33. The van der Waals surface area contributed by atoms with Crippen LogP contribution in [0.5, 0.6) is 0 Å². The van der Waals surface area contributed by atoms with E-state index in [-0.39, 0.29) is 0 Å². The van der Waals surface area contributed by atoms with E-state index < -0.39 is 5.97 Å². The summed E-state index contributed by atoms with van der Waals surface area (Å²) < 4.78 is 0. The number of aliphatic carboxylic acids is 1. The van der Waals surface area contributed by atoms with E-state index >= 15 is 0 Å². The van der Waals surface area contributed by atoms with Gasteiger partial charge in [-0.05, 0) is 56.1 Å². The fourth-order valence-electron chi connectivity index (χ4n) is 3.03. The second-order valence-corrected chi connectivity index (χ2v) is 5.89. The molecule has 4 nitrogen and oxygen atoms in total. The Labute approximate surface area is 144 Å². The zero-order valence-corrected chi connectivity index (χ0v) is 14.5. The summed E-state index contributed by atoms with van der Waals surface area (Å²) >= 11 is 0. The maximum Gasteiger partial charge on any atom is 0.300 e. The van der Waals surface area contributed by atoms with Crippen molar-refractivity contribution in [3.63, 3.8) is 0 Å². The summed E-state index contributed by atoms with van der Waals surface area (Å²) in [5, 5.41) is 10.7. The second kappa shape index (κ2) is 9.08. The molecule has 0 atom stereocenters. The van der Waals surface area contributed by atoms with Crippen molar-refractivity contribution in [2.24, 2.45) is 0 Å². The van der Waals surface area contributed by atoms with E-state index in [1.54, 1.807) is 0 Å². The maximum absolute atomic E-state index is 9.00. The number of hydrogen-bond acceptors (Lipinski definition) is 3. The number of rotatable bonds is 4. The summed E-state index contributed by atoms with van der Waals surface area (Å²) in [4.78, 5) is 11.5. The van der Waals surface area contributed by atoms with E-state index in [1.807, 2.05) is 7.05 Å². The Bertz CT molecular complexity index is 619. The highest BCUT2D eigenvalue weighted by molar-refractivity contribution is 5.71. The molecule has 1 aliphatic heterocycles. The van der Waals surface area contributed by atoms with Gasteiger partial charge in [0.1, 0.15) is 0 Å². The summed E-state index contributed by atoms with van der Waals surface area (Å²) in [7, 11) is 2.02. The van der Waals surface area contributed by atoms with Crippen molar-refractivity contribution in [1.29, 1.82) is 0 Å². The second-order valence-electron chi connectivity index (χ2n) is 5.89. The van der Waals surface area contributed by atoms with E-state index in [0.717, 1.165) is 39.3 Å². The molecule has 2 N–H and O–H groups in total. The van der Waals surface area contributed by atoms with Crippen molar-refractivity contribution in [1.82, 2.24) is 5.32 Å². The molecule has 0 spiro atoms. The average Bonchev–Trinajstić information content (AvgIpc) is 2.72. The van der Waals surface area contributed by atoms with Gasteiger partial charge in [0, 0.05) is 24.8 Å². The minimum Gasteiger partial charge on any atom is -0.481 e. The number of carboxylic acids is 1. The largest absolute Gasteiger partial charge is 0.481 e. The van der Waals surface area contributed by atoms with Crippen LogP contribution in [0.25, 0.3) is 0 Å². The van der Waals surface area contributed by atoms with E-state index in [1.165, 1.54) is 22.5 Å². The van der Waals surface area contributed by atoms with Gasteiger partial charge in [0.15, 0.2) is 0 Å². The van der Waals surface area contributed by atoms with Crippen LogP contribution in [0.2, 0.25) is 0 Å². The van der Waals surface area contributed by atoms with Crippen LogP contribution in [0.1, 0.15) is 24.5 Å². The van der Waals surface area contributed by atoms with Crippen molar-refractivity contribution < 1.29 is 9.90 Å². The van der Waals surface area contributed by atoms with Gasteiger partial charge in [0.25, 0.3) is 5.97 Å². The summed E-state index contributed by atoms with van der Waals surface area (Å²) in [6.45, 7) is 3.20. The lowest BCUT2D eigenvalue weighted by Crippen LogP contribution is -2.22. The molecule has 0 aliphatic carbocycles. The first-order chi connectivity index (χ1) is 11.6. The zero-order valence-electron chi connectivity index (χ0n) is 14.5. The third-order valence-electron chi connectivity index (χ3n) is 4.04. The normalized spacial score (nSPS) is 12.3. The smallest absolute Gasteiger partial charge is 0.300 e. The van der Waals surface area contributed by atoms with Gasteiger partial charge in [0.05, 0.1) is 0 Å². The van der Waals surface area contributed by atoms with Crippen LogP contribution in [0.4, 0.5) is 11.4 Å². The molecule has 0 saturated heterocycles. The average molecular weight is 326 g/mol. The number of benzene rings is 2. The number of carboxylic acid groups (broad SMARTS) is 1. The molecule has 1 heterocycles. The van der Waals surface area contributed by atoms with Crippen LogP contribution >= 0.6 is 0 Å². The quantitative estimate of drug-likeness (QED) is 0.843. The molecule has 0 amide bonds. The lowest BCUT2D eigenvalue weighted by Gasteiger charge is -2.27. The number of hydrogen-bond donors (Lipinski definition) is 2. The Kier molecular flexibility index (Phi) is 6.82. The first kappa shape index (κ1) is 18.0. The SMILES string of the molecule is CC(=O)O.CNCCCN1c2ccccc2CCc2ccccc21. The van der Waals surface area contributed by atoms with E-state index in [0.29, 0.717) is 0 Å². The lowest BCUT2D eigenvalue weighted by atomic mass is 10.0. The molecule has 0 bridgehead atoms. The van der Waals surface area contributed by atoms with Crippen molar-refractivity contribution in [3.05, 3.63) is 59.7 Å². The van der Waals surface area contributed by atoms with Gasteiger partial charge in [-0.25, -0.2) is 0 Å². The predicted molar refractivity (Wildman–Crippen MR) is 99.2 cm³/mol. The fourth-order valence-corrected chi connectivity index (χ4v) is 3.03. The van der Waals surface area contributed by atoms with Crippen LogP contribution < -0.4 is 10.2 Å². The molecule has 2 aromatic rings. The van der Waals surface area contributed by atoms with Crippen LogP contribution in [-0.4, -0.2) is 31.2 Å². The summed E-state index contributed by atoms with van der Waals surface area (Å²) in [6, 6.07) is 17.7. The van der Waals surface area contributed by atoms with Gasteiger partial charge in [-0.15, -0.1) is 0 Å². The molecule has 0 saturated carbocycles. The Balaban J connectivity index is 0.000000471. The molecule has 4 heteroatoms. The van der Waals surface area contributed by atoms with Gasteiger partial charge < -0.3 is 15.3 Å². The number of fused-ring (bicyclic) bond motifs is 2. The molecule has 0 fully saturated rings. The molecular formula is C20H26N2O2. The van der Waals surface area contributed by atoms with Crippen LogP contribution in [0.3, 0.4) is 0 Å². The number of aryl methyl sites for hydroxylation is 2. The number of anilines is 2. The van der Waals surface area contributed by atoms with Gasteiger partial charge in [-0.2, -0.15) is 0 Å². The molecular weight excluding hydrogens is 300 g/mol. The fraction of sp³-hybridized carbons (Fsp3) is 0.350. The number of nitrogens with zero attached hydrogens (tertiary/aromatic N) is 1. The van der Waals surface area contributed by atoms with Crippen molar-refractivity contribution in [2.45, 2.75) is 26.2 Å². The minimum absolute atomic E-state index is 0.833. The molecule has 3 rings (SSSR count). The topological polar surface area (TPSA) is 52.6 Å². The zero-order chi connectivity index (χ0) is 17.4. The monoisotopic (exact) mass is 326 g/mol. The Morgan fingerprint density at radius 3 is 1.96 bits per heavy atom. The van der Waals surface area contributed by atoms with Crippen LogP contribution in [0.15, 0.2) is 48.5 Å². The molecule has 0 unspecified atom stereocenters.